The first-order valence-electron chi connectivity index (χ1n) is 8.24. The number of ether oxygens (including phenoxy) is 1. The first-order valence-corrected chi connectivity index (χ1v) is 8.24. The summed E-state index contributed by atoms with van der Waals surface area (Å²) in [4.78, 5) is 20.1. The van der Waals surface area contributed by atoms with Gasteiger partial charge in [0.05, 0.1) is 5.56 Å². The number of hydrogen-bond donors (Lipinski definition) is 1. The zero-order chi connectivity index (χ0) is 17.1. The van der Waals surface area contributed by atoms with Gasteiger partial charge in [-0.2, -0.15) is 0 Å². The molecule has 1 aromatic heterocycles. The molecule has 0 unspecified atom stereocenters. The Morgan fingerprint density at radius 3 is 2.52 bits per heavy atom. The van der Waals surface area contributed by atoms with Crippen molar-refractivity contribution in [1.29, 1.82) is 0 Å². The third-order valence-electron chi connectivity index (χ3n) is 4.05. The highest BCUT2D eigenvalue weighted by molar-refractivity contribution is 5.94. The van der Waals surface area contributed by atoms with Crippen LogP contribution >= 0.6 is 0 Å². The van der Waals surface area contributed by atoms with Gasteiger partial charge in [0, 0.05) is 17.8 Å². The van der Waals surface area contributed by atoms with E-state index in [1.165, 1.54) is 6.33 Å². The fourth-order valence-electron chi connectivity index (χ4n) is 2.52. The minimum absolute atomic E-state index is 0.0934. The monoisotopic (exact) mass is 331 g/mol. The molecule has 2 aromatic carbocycles. The number of carbonyl (C=O) groups is 1. The van der Waals surface area contributed by atoms with Crippen LogP contribution < -0.4 is 10.1 Å². The van der Waals surface area contributed by atoms with Crippen LogP contribution in [0.4, 0.5) is 5.69 Å². The summed E-state index contributed by atoms with van der Waals surface area (Å²) in [6.45, 7) is 0. The Morgan fingerprint density at radius 1 is 1.04 bits per heavy atom. The third kappa shape index (κ3) is 3.66. The average molecular weight is 331 g/mol. The molecule has 1 fully saturated rings. The maximum absolute atomic E-state index is 11.8. The molecule has 0 atom stereocenters. The van der Waals surface area contributed by atoms with E-state index in [1.54, 1.807) is 6.20 Å². The molecule has 1 saturated carbocycles. The molecule has 1 aliphatic carbocycles. The van der Waals surface area contributed by atoms with Gasteiger partial charge in [-0.3, -0.25) is 4.79 Å². The van der Waals surface area contributed by atoms with E-state index in [2.05, 4.69) is 15.3 Å². The van der Waals surface area contributed by atoms with Crippen molar-refractivity contribution in [2.75, 3.05) is 5.32 Å². The second kappa shape index (κ2) is 6.73. The normalized spacial score (nSPS) is 13.3. The van der Waals surface area contributed by atoms with Crippen LogP contribution in [0.5, 0.6) is 11.6 Å². The summed E-state index contributed by atoms with van der Waals surface area (Å²) >= 11 is 0. The van der Waals surface area contributed by atoms with Crippen LogP contribution in [-0.2, 0) is 4.79 Å². The van der Waals surface area contributed by atoms with Crippen molar-refractivity contribution in [3.63, 3.8) is 0 Å². The molecule has 1 heterocycles. The number of aromatic nitrogens is 2. The first kappa shape index (κ1) is 15.3. The van der Waals surface area contributed by atoms with Crippen LogP contribution in [0.2, 0.25) is 0 Å². The molecule has 1 amide bonds. The third-order valence-corrected chi connectivity index (χ3v) is 4.05. The van der Waals surface area contributed by atoms with Crippen LogP contribution in [0.1, 0.15) is 12.8 Å². The minimum atomic E-state index is 0.0934. The van der Waals surface area contributed by atoms with Gasteiger partial charge < -0.3 is 10.1 Å². The Labute approximate surface area is 145 Å². The number of nitrogens with one attached hydrogen (secondary N) is 1. The maximum atomic E-state index is 11.8. The van der Waals surface area contributed by atoms with Crippen LogP contribution in [0.15, 0.2) is 67.1 Å². The van der Waals surface area contributed by atoms with E-state index in [0.717, 1.165) is 29.7 Å². The molecule has 5 nitrogen and oxygen atoms in total. The summed E-state index contributed by atoms with van der Waals surface area (Å²) in [7, 11) is 0. The highest BCUT2D eigenvalue weighted by atomic mass is 16.5. The van der Waals surface area contributed by atoms with Gasteiger partial charge in [-0.05, 0) is 42.7 Å². The lowest BCUT2D eigenvalue weighted by atomic mass is 10.1. The van der Waals surface area contributed by atoms with Gasteiger partial charge in [-0.1, -0.05) is 30.3 Å². The summed E-state index contributed by atoms with van der Waals surface area (Å²) in [5.74, 6) is 1.43. The summed E-state index contributed by atoms with van der Waals surface area (Å²) in [6.07, 6.45) is 5.18. The zero-order valence-corrected chi connectivity index (χ0v) is 13.6. The Hall–Kier alpha value is -3.21. The van der Waals surface area contributed by atoms with Gasteiger partial charge in [0.1, 0.15) is 12.1 Å². The number of hydrogen-bond acceptors (Lipinski definition) is 4. The zero-order valence-electron chi connectivity index (χ0n) is 13.6. The molecule has 4 rings (SSSR count). The standard InChI is InChI=1S/C20H17N3O2/c24-19(15-6-7-15)23-16-8-10-17(11-9-16)25-20-18(12-21-13-22-20)14-4-2-1-3-5-14/h1-5,8-13,15H,6-7H2,(H,23,24). The van der Waals surface area contributed by atoms with Gasteiger partial charge in [0.15, 0.2) is 0 Å². The number of amides is 1. The van der Waals surface area contributed by atoms with E-state index in [9.17, 15) is 4.79 Å². The maximum Gasteiger partial charge on any atom is 0.230 e. The smallest absolute Gasteiger partial charge is 0.230 e. The largest absolute Gasteiger partial charge is 0.438 e. The topological polar surface area (TPSA) is 64.1 Å². The molecule has 1 aliphatic rings. The predicted molar refractivity (Wildman–Crippen MR) is 95.3 cm³/mol. The summed E-state index contributed by atoms with van der Waals surface area (Å²) in [5.41, 5.74) is 2.59. The van der Waals surface area contributed by atoms with Crippen molar-refractivity contribution in [3.8, 4) is 22.8 Å². The lowest BCUT2D eigenvalue weighted by Gasteiger charge is -2.10. The molecule has 25 heavy (non-hydrogen) atoms. The Kier molecular flexibility index (Phi) is 4.12. The van der Waals surface area contributed by atoms with Gasteiger partial charge in [-0.25, -0.2) is 9.97 Å². The van der Waals surface area contributed by atoms with E-state index in [0.29, 0.717) is 11.6 Å². The Bertz CT molecular complexity index is 875. The number of benzene rings is 2. The molecule has 0 bridgehead atoms. The number of rotatable bonds is 5. The fraction of sp³-hybridized carbons (Fsp3) is 0.150. The van der Waals surface area contributed by atoms with E-state index < -0.39 is 0 Å². The lowest BCUT2D eigenvalue weighted by Crippen LogP contribution is -2.12. The van der Waals surface area contributed by atoms with Crippen molar-refractivity contribution < 1.29 is 9.53 Å². The van der Waals surface area contributed by atoms with E-state index in [1.807, 2.05) is 54.6 Å². The minimum Gasteiger partial charge on any atom is -0.438 e. The van der Waals surface area contributed by atoms with Crippen molar-refractivity contribution in [2.24, 2.45) is 5.92 Å². The van der Waals surface area contributed by atoms with Crippen molar-refractivity contribution >= 4 is 11.6 Å². The summed E-state index contributed by atoms with van der Waals surface area (Å²) in [6, 6.07) is 17.2. The second-order valence-electron chi connectivity index (χ2n) is 6.00. The van der Waals surface area contributed by atoms with Crippen LogP contribution in [0.25, 0.3) is 11.1 Å². The number of anilines is 1. The molecule has 0 aliphatic heterocycles. The SMILES string of the molecule is O=C(Nc1ccc(Oc2ncncc2-c2ccccc2)cc1)C1CC1. The highest BCUT2D eigenvalue weighted by Gasteiger charge is 2.29. The molecule has 5 heteroatoms. The van der Waals surface area contributed by atoms with Crippen molar-refractivity contribution in [1.82, 2.24) is 9.97 Å². The number of carbonyl (C=O) groups excluding carboxylic acids is 1. The predicted octanol–water partition coefficient (Wildman–Crippen LogP) is 4.28. The van der Waals surface area contributed by atoms with Crippen LogP contribution in [0, 0.1) is 5.92 Å². The van der Waals surface area contributed by atoms with Gasteiger partial charge in [0.2, 0.25) is 11.8 Å². The molecular weight excluding hydrogens is 314 g/mol. The van der Waals surface area contributed by atoms with Gasteiger partial charge in [0.25, 0.3) is 0 Å². The summed E-state index contributed by atoms with van der Waals surface area (Å²) < 4.78 is 5.92. The van der Waals surface area contributed by atoms with Gasteiger partial charge in [-0.15, -0.1) is 0 Å². The van der Waals surface area contributed by atoms with Crippen LogP contribution in [-0.4, -0.2) is 15.9 Å². The Morgan fingerprint density at radius 2 is 1.80 bits per heavy atom. The van der Waals surface area contributed by atoms with Crippen molar-refractivity contribution in [2.45, 2.75) is 12.8 Å². The quantitative estimate of drug-likeness (QED) is 0.758. The number of nitrogens with zero attached hydrogens (tertiary/aromatic N) is 2. The van der Waals surface area contributed by atoms with E-state index in [4.69, 9.17) is 4.74 Å². The van der Waals surface area contributed by atoms with Crippen LogP contribution in [0.3, 0.4) is 0 Å². The first-order chi connectivity index (χ1) is 12.3. The van der Waals surface area contributed by atoms with Gasteiger partial charge >= 0.3 is 0 Å². The molecule has 0 saturated heterocycles. The van der Waals surface area contributed by atoms with E-state index in [-0.39, 0.29) is 11.8 Å². The van der Waals surface area contributed by atoms with E-state index >= 15 is 0 Å². The lowest BCUT2D eigenvalue weighted by molar-refractivity contribution is -0.117. The molecule has 124 valence electrons. The fourth-order valence-corrected chi connectivity index (χ4v) is 2.52. The molecule has 0 radical (unpaired) electrons. The molecule has 0 spiro atoms. The van der Waals surface area contributed by atoms with Crippen molar-refractivity contribution in [3.05, 3.63) is 67.1 Å². The highest BCUT2D eigenvalue weighted by Crippen LogP contribution is 2.32. The molecule has 1 N–H and O–H groups in total. The molecular formula is C20H17N3O2. The summed E-state index contributed by atoms with van der Waals surface area (Å²) in [5, 5.41) is 2.91. The average Bonchev–Trinajstić information content (AvgIpc) is 3.50. The Balaban J connectivity index is 1.51. The second-order valence-corrected chi connectivity index (χ2v) is 6.00. The molecule has 3 aromatic rings.